The Balaban J connectivity index is 1.46. The van der Waals surface area contributed by atoms with Crippen LogP contribution in [0.2, 0.25) is 0 Å². The van der Waals surface area contributed by atoms with Gasteiger partial charge in [-0.05, 0) is 110 Å². The highest BCUT2D eigenvalue weighted by atomic mass is 14.9. The van der Waals surface area contributed by atoms with Crippen molar-refractivity contribution in [1.82, 2.24) is 0 Å². The molecule has 6 rings (SSSR count). The van der Waals surface area contributed by atoms with Gasteiger partial charge in [0.25, 0.3) is 0 Å². The topological polar surface area (TPSA) is 88.5 Å². The fourth-order valence-electron chi connectivity index (χ4n) is 7.18. The first kappa shape index (κ1) is 41.2. The van der Waals surface area contributed by atoms with Gasteiger partial charge < -0.3 is 22.1 Å². The SMILES string of the molecule is C#C/C=C\C=C/CNc1ccc(-c2c3ccccc3c(-c3ccc4ccccc4c3)c3ccccc23)cc1NCC(/C=C/C(N)/C=C\C=C/N)=C/C/C(=C/C=C)N=CC. The molecule has 0 amide bonds. The van der Waals surface area contributed by atoms with Gasteiger partial charge in [0.1, 0.15) is 0 Å². The summed E-state index contributed by atoms with van der Waals surface area (Å²) >= 11 is 0. The molecule has 0 aliphatic heterocycles. The number of nitrogens with zero attached hydrogens (tertiary/aromatic N) is 1. The number of fused-ring (bicyclic) bond motifs is 3. The lowest BCUT2D eigenvalue weighted by atomic mass is 9.85. The lowest BCUT2D eigenvalue weighted by Crippen LogP contribution is -2.13. The Kier molecular flexibility index (Phi) is 14.8. The summed E-state index contributed by atoms with van der Waals surface area (Å²) in [5.41, 5.74) is 20.6. The molecule has 0 aliphatic rings. The van der Waals surface area contributed by atoms with Gasteiger partial charge in [0.2, 0.25) is 0 Å². The summed E-state index contributed by atoms with van der Waals surface area (Å²) in [5.74, 6) is 2.53. The molecule has 0 heterocycles. The molecule has 1 atom stereocenters. The van der Waals surface area contributed by atoms with E-state index >= 15 is 0 Å². The molecule has 0 bridgehead atoms. The zero-order valence-corrected chi connectivity index (χ0v) is 33.6. The Hall–Kier alpha value is -7.39. The zero-order valence-electron chi connectivity index (χ0n) is 33.6. The van der Waals surface area contributed by atoms with E-state index in [4.69, 9.17) is 17.9 Å². The summed E-state index contributed by atoms with van der Waals surface area (Å²) in [6, 6.07) is 39.2. The van der Waals surface area contributed by atoms with Gasteiger partial charge in [0.15, 0.2) is 0 Å². The van der Waals surface area contributed by atoms with Crippen molar-refractivity contribution in [1.29, 1.82) is 0 Å². The largest absolute Gasteiger partial charge is 0.405 e. The van der Waals surface area contributed by atoms with Crippen molar-refractivity contribution in [2.75, 3.05) is 23.7 Å². The van der Waals surface area contributed by atoms with Crippen LogP contribution < -0.4 is 22.1 Å². The predicted molar refractivity (Wildman–Crippen MR) is 259 cm³/mol. The van der Waals surface area contributed by atoms with Crippen LogP contribution in [0.4, 0.5) is 11.4 Å². The van der Waals surface area contributed by atoms with Crippen molar-refractivity contribution in [3.8, 4) is 34.6 Å². The highest BCUT2D eigenvalue weighted by Gasteiger charge is 2.18. The van der Waals surface area contributed by atoms with Gasteiger partial charge in [0.05, 0.1) is 11.4 Å². The van der Waals surface area contributed by atoms with E-state index in [1.54, 1.807) is 24.4 Å². The molecule has 0 radical (unpaired) electrons. The summed E-state index contributed by atoms with van der Waals surface area (Å²) in [7, 11) is 0. The molecule has 5 nitrogen and oxygen atoms in total. The number of anilines is 2. The third-order valence-electron chi connectivity index (χ3n) is 9.88. The summed E-state index contributed by atoms with van der Waals surface area (Å²) in [6.45, 7) is 6.94. The molecular weight excluding hydrogens is 719 g/mol. The maximum absolute atomic E-state index is 6.41. The minimum Gasteiger partial charge on any atom is -0.405 e. The van der Waals surface area contributed by atoms with E-state index in [2.05, 4.69) is 149 Å². The molecule has 6 N–H and O–H groups in total. The number of rotatable bonds is 17. The van der Waals surface area contributed by atoms with Crippen LogP contribution in [0.5, 0.6) is 0 Å². The van der Waals surface area contributed by atoms with E-state index in [0.717, 1.165) is 28.2 Å². The Labute approximate surface area is 349 Å². The fourth-order valence-corrected chi connectivity index (χ4v) is 7.18. The normalized spacial score (nSPS) is 13.3. The molecular formula is C54H51N5. The van der Waals surface area contributed by atoms with Crippen molar-refractivity contribution < 1.29 is 0 Å². The van der Waals surface area contributed by atoms with Crippen molar-refractivity contribution in [3.63, 3.8) is 0 Å². The molecule has 0 spiro atoms. The molecule has 6 aromatic carbocycles. The first-order chi connectivity index (χ1) is 29.0. The molecule has 0 aromatic heterocycles. The molecule has 0 aliphatic carbocycles. The van der Waals surface area contributed by atoms with Crippen LogP contribution in [0.3, 0.4) is 0 Å². The number of nitrogens with one attached hydrogen (secondary N) is 2. The maximum atomic E-state index is 6.41. The first-order valence-corrected chi connectivity index (χ1v) is 19.8. The van der Waals surface area contributed by atoms with Crippen molar-refractivity contribution in [2.45, 2.75) is 19.4 Å². The van der Waals surface area contributed by atoms with Gasteiger partial charge in [-0.15, -0.1) is 6.42 Å². The molecule has 292 valence electrons. The summed E-state index contributed by atoms with van der Waals surface area (Å²) in [5, 5.41) is 14.7. The number of aliphatic imine (C=N–C) groups is 1. The highest BCUT2D eigenvalue weighted by Crippen LogP contribution is 2.45. The first-order valence-electron chi connectivity index (χ1n) is 19.8. The monoisotopic (exact) mass is 769 g/mol. The number of benzene rings is 6. The third-order valence-corrected chi connectivity index (χ3v) is 9.88. The van der Waals surface area contributed by atoms with Gasteiger partial charge in [-0.25, -0.2) is 0 Å². The molecule has 59 heavy (non-hydrogen) atoms. The summed E-state index contributed by atoms with van der Waals surface area (Å²) in [6.07, 6.45) is 32.2. The summed E-state index contributed by atoms with van der Waals surface area (Å²) in [4.78, 5) is 4.55. The van der Waals surface area contributed by atoms with Crippen LogP contribution in [0.1, 0.15) is 13.3 Å². The van der Waals surface area contributed by atoms with E-state index in [9.17, 15) is 0 Å². The van der Waals surface area contributed by atoms with Crippen molar-refractivity contribution in [2.24, 2.45) is 16.5 Å². The van der Waals surface area contributed by atoms with Crippen LogP contribution in [-0.4, -0.2) is 25.3 Å². The van der Waals surface area contributed by atoms with Crippen molar-refractivity contribution >= 4 is 49.9 Å². The van der Waals surface area contributed by atoms with Crippen molar-refractivity contribution in [3.05, 3.63) is 206 Å². The predicted octanol–water partition coefficient (Wildman–Crippen LogP) is 12.4. The van der Waals surface area contributed by atoms with E-state index in [1.165, 1.54) is 55.2 Å². The molecule has 0 saturated carbocycles. The van der Waals surface area contributed by atoms with Crippen LogP contribution in [0.25, 0.3) is 54.6 Å². The van der Waals surface area contributed by atoms with Gasteiger partial charge in [-0.2, -0.15) is 0 Å². The number of terminal acetylenes is 1. The summed E-state index contributed by atoms with van der Waals surface area (Å²) < 4.78 is 0. The molecule has 0 saturated heterocycles. The second-order valence-electron chi connectivity index (χ2n) is 13.8. The van der Waals surface area contributed by atoms with Crippen LogP contribution in [0.15, 0.2) is 211 Å². The number of allylic oxidation sites excluding steroid dienone is 8. The van der Waals surface area contributed by atoms with Gasteiger partial charge in [-0.1, -0.05) is 158 Å². The van der Waals surface area contributed by atoms with Crippen LogP contribution in [0, 0.1) is 12.3 Å². The lowest BCUT2D eigenvalue weighted by molar-refractivity contribution is 1.02. The maximum Gasteiger partial charge on any atom is 0.0584 e. The average molecular weight is 770 g/mol. The Morgan fingerprint density at radius 1 is 0.763 bits per heavy atom. The second-order valence-corrected chi connectivity index (χ2v) is 13.8. The van der Waals surface area contributed by atoms with E-state index in [0.29, 0.717) is 19.5 Å². The molecule has 5 heteroatoms. The Morgan fingerprint density at radius 3 is 2.08 bits per heavy atom. The average Bonchev–Trinajstić information content (AvgIpc) is 3.26. The number of hydrogen-bond donors (Lipinski definition) is 4. The zero-order chi connectivity index (χ0) is 41.2. The minimum atomic E-state index is -0.290. The lowest BCUT2D eigenvalue weighted by Gasteiger charge is -2.20. The molecule has 6 aromatic rings. The van der Waals surface area contributed by atoms with E-state index < -0.39 is 0 Å². The van der Waals surface area contributed by atoms with E-state index in [1.807, 2.05) is 49.5 Å². The second kappa shape index (κ2) is 21.2. The van der Waals surface area contributed by atoms with Gasteiger partial charge in [0, 0.05) is 37.5 Å². The smallest absolute Gasteiger partial charge is 0.0584 e. The standard InChI is InChI=1S/C54H51N5/c1-4-7-8-9-18-36-58-51-34-31-44(38-52(51)59-39-40(27-32-45(56)22-16-17-35-55)28-33-46(19-5-2)57-6-3)54-49-25-14-12-23-47(49)53(48-24-13-15-26-50(48)54)43-30-29-41-20-10-11-21-42(41)37-43/h1,5-32,34-35,37-38,45,58-59H,2,33,36,39,55-56H2,3H3/b8-7-,18-9-,22-16-,32-27+,35-17-,40-28+,46-19-,57-6?. The van der Waals surface area contributed by atoms with Gasteiger partial charge in [-0.3, -0.25) is 4.99 Å². The molecule has 0 fully saturated rings. The number of nitrogens with two attached hydrogens (primary N) is 2. The van der Waals surface area contributed by atoms with Gasteiger partial charge >= 0.3 is 0 Å². The quantitative estimate of drug-likeness (QED) is 0.0322. The highest BCUT2D eigenvalue weighted by molar-refractivity contribution is 6.22. The third kappa shape index (κ3) is 10.7. The van der Waals surface area contributed by atoms with E-state index in [-0.39, 0.29) is 6.04 Å². The Morgan fingerprint density at radius 2 is 1.42 bits per heavy atom. The van der Waals surface area contributed by atoms with Crippen LogP contribution >= 0.6 is 0 Å². The van der Waals surface area contributed by atoms with Crippen LogP contribution in [-0.2, 0) is 0 Å². The minimum absolute atomic E-state index is 0.290. The fraction of sp³-hybridized carbons (Fsp3) is 0.0926. The molecule has 1 unspecified atom stereocenters. The number of hydrogen-bond acceptors (Lipinski definition) is 5. The Bertz CT molecular complexity index is 2650.